The van der Waals surface area contributed by atoms with Crippen LogP contribution in [-0.2, 0) is 17.9 Å². The molecule has 1 aromatic heterocycles. The molecule has 120 valence electrons. The van der Waals surface area contributed by atoms with E-state index in [1.54, 1.807) is 31.3 Å². The minimum absolute atomic E-state index is 0.175. The first kappa shape index (κ1) is 16.2. The van der Waals surface area contributed by atoms with Crippen molar-refractivity contribution in [2.75, 3.05) is 7.05 Å². The number of hydrogen-bond donors (Lipinski definition) is 2. The molecule has 0 fully saturated rings. The highest BCUT2D eigenvalue weighted by Gasteiger charge is 2.11. The summed E-state index contributed by atoms with van der Waals surface area (Å²) in [7, 11) is 1.60. The van der Waals surface area contributed by atoms with Gasteiger partial charge >= 0.3 is 5.69 Å². The second-order valence-electron chi connectivity index (χ2n) is 5.05. The third kappa shape index (κ3) is 4.16. The first-order valence-corrected chi connectivity index (χ1v) is 6.79. The number of rotatable bonds is 5. The van der Waals surface area contributed by atoms with Gasteiger partial charge in [0.25, 0.3) is 5.56 Å². The van der Waals surface area contributed by atoms with Gasteiger partial charge in [0.05, 0.1) is 0 Å². The molecule has 0 aliphatic heterocycles. The Labute approximate surface area is 131 Å². The number of carbonyl (C=O) groups excluding carboxylic acids is 2. The van der Waals surface area contributed by atoms with Gasteiger partial charge in [-0.15, -0.1) is 0 Å². The number of nitrogens with zero attached hydrogens (tertiary/aromatic N) is 2. The zero-order valence-corrected chi connectivity index (χ0v) is 12.5. The Hall–Kier alpha value is -3.16. The topological polar surface area (TPSA) is 118 Å². The van der Waals surface area contributed by atoms with E-state index in [0.717, 1.165) is 10.1 Å². The number of amides is 2. The summed E-state index contributed by atoms with van der Waals surface area (Å²) in [6, 6.07) is 7.76. The minimum atomic E-state index is -0.634. The molecule has 0 radical (unpaired) electrons. The predicted octanol–water partition coefficient (Wildman–Crippen LogP) is -0.706. The highest BCUT2D eigenvalue weighted by atomic mass is 16.2. The largest absolute Gasteiger partial charge is 0.366 e. The molecule has 1 heterocycles. The van der Waals surface area contributed by atoms with E-state index < -0.39 is 17.2 Å². The van der Waals surface area contributed by atoms with Crippen LogP contribution in [-0.4, -0.2) is 33.3 Å². The number of aromatic amines is 1. The first-order valence-electron chi connectivity index (χ1n) is 6.79. The third-order valence-electron chi connectivity index (χ3n) is 3.29. The molecule has 3 N–H and O–H groups in total. The smallest absolute Gasteiger partial charge is 0.328 e. The number of nitrogens with two attached hydrogens (primary N) is 1. The van der Waals surface area contributed by atoms with Crippen molar-refractivity contribution in [1.29, 1.82) is 0 Å². The second-order valence-corrected chi connectivity index (χ2v) is 5.05. The van der Waals surface area contributed by atoms with E-state index in [1.165, 1.54) is 17.2 Å². The van der Waals surface area contributed by atoms with E-state index >= 15 is 0 Å². The van der Waals surface area contributed by atoms with Gasteiger partial charge in [-0.2, -0.15) is 0 Å². The third-order valence-corrected chi connectivity index (χ3v) is 3.29. The Morgan fingerprint density at radius 2 is 1.83 bits per heavy atom. The van der Waals surface area contributed by atoms with Crippen LogP contribution in [0.3, 0.4) is 0 Å². The molecule has 8 nitrogen and oxygen atoms in total. The maximum absolute atomic E-state index is 12.1. The summed E-state index contributed by atoms with van der Waals surface area (Å²) >= 11 is 0. The summed E-state index contributed by atoms with van der Waals surface area (Å²) in [6.45, 7) is 0.140. The first-order chi connectivity index (χ1) is 10.9. The molecule has 8 heteroatoms. The molecule has 0 saturated carbocycles. The van der Waals surface area contributed by atoms with Crippen molar-refractivity contribution in [3.8, 4) is 0 Å². The lowest BCUT2D eigenvalue weighted by Gasteiger charge is -2.18. The van der Waals surface area contributed by atoms with Crippen molar-refractivity contribution in [3.05, 3.63) is 68.5 Å². The molecule has 0 atom stereocenters. The van der Waals surface area contributed by atoms with Crippen LogP contribution < -0.4 is 17.0 Å². The molecule has 0 aliphatic rings. The zero-order valence-electron chi connectivity index (χ0n) is 12.5. The van der Waals surface area contributed by atoms with Gasteiger partial charge in [-0.1, -0.05) is 12.1 Å². The van der Waals surface area contributed by atoms with Gasteiger partial charge in [0.15, 0.2) is 0 Å². The lowest BCUT2D eigenvalue weighted by molar-refractivity contribution is -0.131. The molecular weight excluding hydrogens is 300 g/mol. The Balaban J connectivity index is 2.03. The molecule has 2 rings (SSSR count). The van der Waals surface area contributed by atoms with Crippen molar-refractivity contribution >= 4 is 11.8 Å². The molecule has 2 amide bonds. The number of carbonyl (C=O) groups is 2. The average molecular weight is 316 g/mol. The van der Waals surface area contributed by atoms with Gasteiger partial charge in [-0.05, 0) is 17.7 Å². The summed E-state index contributed by atoms with van der Waals surface area (Å²) in [6.07, 6.45) is 1.27. The molecule has 0 saturated heterocycles. The number of benzene rings is 1. The predicted molar refractivity (Wildman–Crippen MR) is 82.8 cm³/mol. The van der Waals surface area contributed by atoms with Crippen molar-refractivity contribution < 1.29 is 9.59 Å². The Morgan fingerprint density at radius 1 is 1.17 bits per heavy atom. The molecule has 0 aliphatic carbocycles. The number of nitrogens with one attached hydrogen (secondary N) is 1. The Kier molecular flexibility index (Phi) is 4.75. The van der Waals surface area contributed by atoms with Crippen LogP contribution in [0.1, 0.15) is 15.9 Å². The van der Waals surface area contributed by atoms with Crippen LogP contribution in [0.25, 0.3) is 0 Å². The van der Waals surface area contributed by atoms with Gasteiger partial charge in [0, 0.05) is 31.4 Å². The summed E-state index contributed by atoms with van der Waals surface area (Å²) in [5.74, 6) is -0.809. The van der Waals surface area contributed by atoms with E-state index in [-0.39, 0.29) is 12.5 Å². The van der Waals surface area contributed by atoms with Crippen LogP contribution in [0.5, 0.6) is 0 Å². The van der Waals surface area contributed by atoms with Gasteiger partial charge in [-0.25, -0.2) is 4.79 Å². The number of aromatic nitrogens is 2. The van der Waals surface area contributed by atoms with Crippen LogP contribution in [0.2, 0.25) is 0 Å². The highest BCUT2D eigenvalue weighted by molar-refractivity contribution is 5.92. The van der Waals surface area contributed by atoms with Crippen LogP contribution in [0, 0.1) is 0 Å². The molecule has 0 spiro atoms. The summed E-state index contributed by atoms with van der Waals surface area (Å²) in [5, 5.41) is 0. The number of primary amides is 1. The van der Waals surface area contributed by atoms with Gasteiger partial charge in [-0.3, -0.25) is 23.9 Å². The highest BCUT2D eigenvalue weighted by Crippen LogP contribution is 2.07. The van der Waals surface area contributed by atoms with E-state index in [0.29, 0.717) is 12.1 Å². The maximum Gasteiger partial charge on any atom is 0.328 e. The zero-order chi connectivity index (χ0) is 17.0. The standard InChI is InChI=1S/C15H16N4O4/c1-18(8-10-2-4-11(5-3-10)14(16)22)13(21)9-19-7-6-12(20)17-15(19)23/h2-7H,8-9H2,1H3,(H2,16,22)(H,17,20,23). The van der Waals surface area contributed by atoms with Crippen molar-refractivity contribution in [1.82, 2.24) is 14.5 Å². The molecule has 2 aromatic rings. The normalized spacial score (nSPS) is 10.3. The maximum atomic E-state index is 12.1. The molecule has 0 bridgehead atoms. The Morgan fingerprint density at radius 3 is 2.39 bits per heavy atom. The monoisotopic (exact) mass is 316 g/mol. The van der Waals surface area contributed by atoms with Crippen molar-refractivity contribution in [3.63, 3.8) is 0 Å². The molecular formula is C15H16N4O4. The van der Waals surface area contributed by atoms with Gasteiger partial charge in [0.2, 0.25) is 11.8 Å². The van der Waals surface area contributed by atoms with Crippen LogP contribution in [0.15, 0.2) is 46.1 Å². The van der Waals surface area contributed by atoms with Crippen LogP contribution >= 0.6 is 0 Å². The van der Waals surface area contributed by atoms with Crippen LogP contribution in [0.4, 0.5) is 0 Å². The number of hydrogen-bond acceptors (Lipinski definition) is 4. The van der Waals surface area contributed by atoms with E-state index in [1.807, 2.05) is 0 Å². The SMILES string of the molecule is CN(Cc1ccc(C(N)=O)cc1)C(=O)Cn1ccc(=O)[nH]c1=O. The molecule has 1 aromatic carbocycles. The van der Waals surface area contributed by atoms with Gasteiger partial charge < -0.3 is 10.6 Å². The lowest BCUT2D eigenvalue weighted by Crippen LogP contribution is -2.36. The average Bonchev–Trinajstić information content (AvgIpc) is 2.50. The second kappa shape index (κ2) is 6.73. The fourth-order valence-corrected chi connectivity index (χ4v) is 1.97. The van der Waals surface area contributed by atoms with E-state index in [4.69, 9.17) is 5.73 Å². The van der Waals surface area contributed by atoms with Gasteiger partial charge in [0.1, 0.15) is 6.54 Å². The lowest BCUT2D eigenvalue weighted by atomic mass is 10.1. The number of likely N-dealkylation sites (N-methyl/N-ethyl adjacent to an activating group) is 1. The van der Waals surface area contributed by atoms with E-state index in [9.17, 15) is 19.2 Å². The molecule has 23 heavy (non-hydrogen) atoms. The minimum Gasteiger partial charge on any atom is -0.366 e. The fraction of sp³-hybridized carbons (Fsp3) is 0.200. The van der Waals surface area contributed by atoms with Crippen molar-refractivity contribution in [2.45, 2.75) is 13.1 Å². The summed E-state index contributed by atoms with van der Waals surface area (Å²) < 4.78 is 1.12. The molecule has 0 unspecified atom stereocenters. The quantitative estimate of drug-likeness (QED) is 0.757. The summed E-state index contributed by atoms with van der Waals surface area (Å²) in [4.78, 5) is 49.2. The van der Waals surface area contributed by atoms with E-state index in [2.05, 4.69) is 4.98 Å². The Bertz CT molecular complexity index is 836. The number of H-pyrrole nitrogens is 1. The van der Waals surface area contributed by atoms with Crippen molar-refractivity contribution in [2.24, 2.45) is 5.73 Å². The fourth-order valence-electron chi connectivity index (χ4n) is 1.97. The summed E-state index contributed by atoms with van der Waals surface area (Å²) in [5.41, 5.74) is 5.23.